The molecule has 2 aromatic rings. The molecule has 0 spiro atoms. The SMILES string of the molecule is CN=C(NCCCN(C(C)C)C(C)C)NCCc1ccc(-n2cccn2)cc1.I. The number of hydrogen-bond donors (Lipinski definition) is 2. The smallest absolute Gasteiger partial charge is 0.190 e. The number of halogens is 1. The normalized spacial score (nSPS) is 11.8. The molecule has 0 fully saturated rings. The monoisotopic (exact) mass is 512 g/mol. The van der Waals surface area contributed by atoms with E-state index < -0.39 is 0 Å². The molecule has 1 aromatic heterocycles. The summed E-state index contributed by atoms with van der Waals surface area (Å²) >= 11 is 0. The lowest BCUT2D eigenvalue weighted by Gasteiger charge is -2.30. The van der Waals surface area contributed by atoms with Gasteiger partial charge in [-0.1, -0.05) is 12.1 Å². The molecule has 0 radical (unpaired) electrons. The van der Waals surface area contributed by atoms with Crippen LogP contribution in [-0.4, -0.2) is 59.4 Å². The van der Waals surface area contributed by atoms with E-state index in [1.54, 1.807) is 6.20 Å². The van der Waals surface area contributed by atoms with Crippen molar-refractivity contribution in [1.29, 1.82) is 0 Å². The molecule has 162 valence electrons. The van der Waals surface area contributed by atoms with Crippen molar-refractivity contribution in [3.63, 3.8) is 0 Å². The van der Waals surface area contributed by atoms with Gasteiger partial charge in [-0.25, -0.2) is 4.68 Å². The van der Waals surface area contributed by atoms with E-state index in [1.165, 1.54) is 5.56 Å². The zero-order valence-electron chi connectivity index (χ0n) is 18.4. The molecule has 2 N–H and O–H groups in total. The van der Waals surface area contributed by atoms with Gasteiger partial charge in [-0.05, 0) is 64.3 Å². The van der Waals surface area contributed by atoms with Gasteiger partial charge in [-0.3, -0.25) is 9.89 Å². The number of nitrogens with one attached hydrogen (secondary N) is 2. The maximum Gasteiger partial charge on any atom is 0.190 e. The Hall–Kier alpha value is -1.61. The largest absolute Gasteiger partial charge is 0.356 e. The predicted molar refractivity (Wildman–Crippen MR) is 134 cm³/mol. The first-order valence-corrected chi connectivity index (χ1v) is 10.3. The van der Waals surface area contributed by atoms with Crippen LogP contribution in [-0.2, 0) is 6.42 Å². The molecule has 2 rings (SSSR count). The molecule has 7 heteroatoms. The second kappa shape index (κ2) is 13.6. The van der Waals surface area contributed by atoms with Crippen molar-refractivity contribution >= 4 is 29.9 Å². The molecule has 29 heavy (non-hydrogen) atoms. The lowest BCUT2D eigenvalue weighted by Crippen LogP contribution is -2.41. The zero-order chi connectivity index (χ0) is 20.4. The van der Waals surface area contributed by atoms with Crippen LogP contribution < -0.4 is 10.6 Å². The molecular formula is C22H37IN6. The van der Waals surface area contributed by atoms with E-state index in [4.69, 9.17) is 0 Å². The molecule has 0 amide bonds. The van der Waals surface area contributed by atoms with Gasteiger partial charge in [-0.2, -0.15) is 5.10 Å². The van der Waals surface area contributed by atoms with Crippen molar-refractivity contribution in [2.24, 2.45) is 4.99 Å². The van der Waals surface area contributed by atoms with Crippen LogP contribution >= 0.6 is 24.0 Å². The summed E-state index contributed by atoms with van der Waals surface area (Å²) in [6.45, 7) is 11.9. The summed E-state index contributed by atoms with van der Waals surface area (Å²) in [4.78, 5) is 6.84. The molecule has 0 unspecified atom stereocenters. The van der Waals surface area contributed by atoms with Crippen LogP contribution in [0.5, 0.6) is 0 Å². The summed E-state index contributed by atoms with van der Waals surface area (Å²) in [5.41, 5.74) is 2.37. The number of nitrogens with zero attached hydrogens (tertiary/aromatic N) is 4. The van der Waals surface area contributed by atoms with Crippen molar-refractivity contribution in [3.8, 4) is 5.69 Å². The average Bonchev–Trinajstić information content (AvgIpc) is 3.21. The first-order valence-electron chi connectivity index (χ1n) is 10.3. The maximum atomic E-state index is 4.32. The number of hydrogen-bond acceptors (Lipinski definition) is 3. The summed E-state index contributed by atoms with van der Waals surface area (Å²) in [7, 11) is 1.82. The molecule has 0 aliphatic rings. The highest BCUT2D eigenvalue weighted by Crippen LogP contribution is 2.09. The molecule has 0 atom stereocenters. The molecule has 6 nitrogen and oxygen atoms in total. The summed E-state index contributed by atoms with van der Waals surface area (Å²) in [6, 6.07) is 11.6. The maximum absolute atomic E-state index is 4.32. The molecule has 1 heterocycles. The van der Waals surface area contributed by atoms with E-state index >= 15 is 0 Å². The average molecular weight is 512 g/mol. The topological polar surface area (TPSA) is 57.5 Å². The van der Waals surface area contributed by atoms with Gasteiger partial charge in [0.1, 0.15) is 0 Å². The fraction of sp³-hybridized carbons (Fsp3) is 0.545. The van der Waals surface area contributed by atoms with Crippen LogP contribution in [0.4, 0.5) is 0 Å². The van der Waals surface area contributed by atoms with Gasteiger partial charge >= 0.3 is 0 Å². The van der Waals surface area contributed by atoms with Gasteiger partial charge in [-0.15, -0.1) is 24.0 Å². The quantitative estimate of drug-likeness (QED) is 0.221. The Labute approximate surface area is 193 Å². The Morgan fingerprint density at radius 1 is 1.07 bits per heavy atom. The van der Waals surface area contributed by atoms with Crippen LogP contribution in [0.3, 0.4) is 0 Å². The van der Waals surface area contributed by atoms with Crippen molar-refractivity contribution in [2.75, 3.05) is 26.7 Å². The highest BCUT2D eigenvalue weighted by atomic mass is 127. The van der Waals surface area contributed by atoms with Crippen LogP contribution in [0.1, 0.15) is 39.7 Å². The van der Waals surface area contributed by atoms with E-state index in [9.17, 15) is 0 Å². The van der Waals surface area contributed by atoms with Crippen LogP contribution in [0.15, 0.2) is 47.7 Å². The highest BCUT2D eigenvalue weighted by molar-refractivity contribution is 14.0. The predicted octanol–water partition coefficient (Wildman–Crippen LogP) is 3.71. The van der Waals surface area contributed by atoms with E-state index in [0.29, 0.717) is 12.1 Å². The Morgan fingerprint density at radius 3 is 2.28 bits per heavy atom. The van der Waals surface area contributed by atoms with E-state index in [0.717, 1.165) is 44.1 Å². The minimum absolute atomic E-state index is 0. The number of guanidine groups is 1. The van der Waals surface area contributed by atoms with E-state index in [2.05, 4.69) is 77.6 Å². The third kappa shape index (κ3) is 8.74. The van der Waals surface area contributed by atoms with Crippen LogP contribution in [0, 0.1) is 0 Å². The summed E-state index contributed by atoms with van der Waals surface area (Å²) < 4.78 is 1.87. The lowest BCUT2D eigenvalue weighted by molar-refractivity contribution is 0.173. The molecular weight excluding hydrogens is 475 g/mol. The first kappa shape index (κ1) is 25.4. The number of aliphatic imine (C=N–C) groups is 1. The third-order valence-corrected chi connectivity index (χ3v) is 4.85. The number of aromatic nitrogens is 2. The van der Waals surface area contributed by atoms with Gasteiger partial charge in [0.2, 0.25) is 0 Å². The van der Waals surface area contributed by atoms with Gasteiger partial charge in [0.05, 0.1) is 5.69 Å². The Bertz CT molecular complexity index is 687. The second-order valence-electron chi connectivity index (χ2n) is 7.57. The fourth-order valence-electron chi connectivity index (χ4n) is 3.36. The van der Waals surface area contributed by atoms with Gasteiger partial charge in [0.15, 0.2) is 5.96 Å². The van der Waals surface area contributed by atoms with E-state index in [-0.39, 0.29) is 24.0 Å². The molecule has 0 aliphatic carbocycles. The zero-order valence-corrected chi connectivity index (χ0v) is 20.8. The van der Waals surface area contributed by atoms with Crippen LogP contribution in [0.2, 0.25) is 0 Å². The van der Waals surface area contributed by atoms with Gasteiger partial charge in [0.25, 0.3) is 0 Å². The molecule has 0 saturated heterocycles. The third-order valence-electron chi connectivity index (χ3n) is 4.85. The standard InChI is InChI=1S/C22H36N6.HI/c1-18(2)27(19(3)4)16-6-13-24-22(23-5)25-15-12-20-8-10-21(11-9-20)28-17-7-14-26-28;/h7-11,14,17-19H,6,12-13,15-16H2,1-5H3,(H2,23,24,25);1H. The van der Waals surface area contributed by atoms with Crippen molar-refractivity contribution in [2.45, 2.75) is 52.6 Å². The Morgan fingerprint density at radius 2 is 1.72 bits per heavy atom. The summed E-state index contributed by atoms with van der Waals surface area (Å²) in [5.74, 6) is 0.869. The highest BCUT2D eigenvalue weighted by Gasteiger charge is 2.12. The Balaban J connectivity index is 0.00000420. The van der Waals surface area contributed by atoms with Crippen LogP contribution in [0.25, 0.3) is 5.69 Å². The number of rotatable bonds is 10. The minimum atomic E-state index is 0. The fourth-order valence-corrected chi connectivity index (χ4v) is 3.36. The first-order chi connectivity index (χ1) is 13.5. The van der Waals surface area contributed by atoms with Crippen molar-refractivity contribution in [3.05, 3.63) is 48.3 Å². The van der Waals surface area contributed by atoms with Crippen molar-refractivity contribution < 1.29 is 0 Å². The lowest BCUT2D eigenvalue weighted by atomic mass is 10.1. The molecule has 0 aliphatic heterocycles. The van der Waals surface area contributed by atoms with Gasteiger partial charge < -0.3 is 10.6 Å². The second-order valence-corrected chi connectivity index (χ2v) is 7.57. The molecule has 1 aromatic carbocycles. The van der Waals surface area contributed by atoms with Gasteiger partial charge in [0, 0.05) is 51.2 Å². The minimum Gasteiger partial charge on any atom is -0.356 e. The Kier molecular flexibility index (Phi) is 11.9. The molecule has 0 bridgehead atoms. The summed E-state index contributed by atoms with van der Waals surface area (Å²) in [5, 5.41) is 11.1. The van der Waals surface area contributed by atoms with Crippen molar-refractivity contribution in [1.82, 2.24) is 25.3 Å². The summed E-state index contributed by atoms with van der Waals surface area (Å²) in [6.07, 6.45) is 5.80. The van der Waals surface area contributed by atoms with E-state index in [1.807, 2.05) is 24.0 Å². The number of benzene rings is 1. The molecule has 0 saturated carbocycles.